The molecule has 16 heavy (non-hydrogen) atoms. The number of carbonyl (C=O) groups is 1. The molecule has 7 heteroatoms. The Balaban J connectivity index is 3.20. The number of benzene rings is 1. The number of alkyl halides is 2. The molecular formula is C9H10F2N2O3. The highest BCUT2D eigenvalue weighted by Gasteiger charge is 2.17. The first-order valence-electron chi connectivity index (χ1n) is 4.17. The Morgan fingerprint density at radius 1 is 1.38 bits per heavy atom. The Labute approximate surface area is 89.9 Å². The van der Waals surface area contributed by atoms with Gasteiger partial charge in [0.05, 0.1) is 18.4 Å². The summed E-state index contributed by atoms with van der Waals surface area (Å²) < 4.78 is 32.6. The molecule has 0 heterocycles. The molecule has 88 valence electrons. The van der Waals surface area contributed by atoms with E-state index in [1.54, 1.807) is 0 Å². The van der Waals surface area contributed by atoms with Gasteiger partial charge in [-0.15, -0.1) is 0 Å². The Bertz CT molecular complexity index is 410. The number of ether oxygens (including phenoxy) is 2. The molecule has 1 rings (SSSR count). The fourth-order valence-corrected chi connectivity index (χ4v) is 1.12. The maximum absolute atomic E-state index is 12.0. The van der Waals surface area contributed by atoms with Crippen LogP contribution in [0.4, 0.5) is 20.2 Å². The van der Waals surface area contributed by atoms with Crippen LogP contribution in [0.1, 0.15) is 10.4 Å². The van der Waals surface area contributed by atoms with Gasteiger partial charge in [0.25, 0.3) is 0 Å². The average Bonchev–Trinajstić information content (AvgIpc) is 2.21. The standard InChI is InChI=1S/C9H10F2N2O3/c1-15-8(14)5-2-4(12)3-6(7(5)13)16-9(10)11/h2-3,9H,12-13H2,1H3. The third kappa shape index (κ3) is 2.50. The maximum atomic E-state index is 12.0. The quantitative estimate of drug-likeness (QED) is 0.604. The minimum atomic E-state index is -3.05. The highest BCUT2D eigenvalue weighted by Crippen LogP contribution is 2.30. The lowest BCUT2D eigenvalue weighted by Gasteiger charge is -2.11. The van der Waals surface area contributed by atoms with Gasteiger partial charge in [0.2, 0.25) is 0 Å². The summed E-state index contributed by atoms with van der Waals surface area (Å²) >= 11 is 0. The summed E-state index contributed by atoms with van der Waals surface area (Å²) in [5.41, 5.74) is 10.6. The lowest BCUT2D eigenvalue weighted by atomic mass is 10.1. The molecule has 1 aromatic rings. The summed E-state index contributed by atoms with van der Waals surface area (Å²) in [6, 6.07) is 2.33. The van der Waals surface area contributed by atoms with Gasteiger partial charge >= 0.3 is 12.6 Å². The van der Waals surface area contributed by atoms with E-state index in [-0.39, 0.29) is 22.7 Å². The summed E-state index contributed by atoms with van der Waals surface area (Å²) in [7, 11) is 1.14. The Morgan fingerprint density at radius 3 is 2.50 bits per heavy atom. The van der Waals surface area contributed by atoms with Crippen LogP contribution in [-0.2, 0) is 4.74 Å². The number of hydrogen-bond donors (Lipinski definition) is 2. The monoisotopic (exact) mass is 232 g/mol. The van der Waals surface area contributed by atoms with Crippen LogP contribution in [0.2, 0.25) is 0 Å². The van der Waals surface area contributed by atoms with E-state index in [0.29, 0.717) is 0 Å². The molecular weight excluding hydrogens is 222 g/mol. The second-order valence-corrected chi connectivity index (χ2v) is 2.85. The van der Waals surface area contributed by atoms with Crippen LogP contribution >= 0.6 is 0 Å². The van der Waals surface area contributed by atoms with Gasteiger partial charge in [-0.25, -0.2) is 4.79 Å². The van der Waals surface area contributed by atoms with E-state index in [4.69, 9.17) is 11.5 Å². The van der Waals surface area contributed by atoms with Crippen LogP contribution < -0.4 is 16.2 Å². The third-order valence-corrected chi connectivity index (χ3v) is 1.79. The molecule has 0 aliphatic carbocycles. The molecule has 0 unspecified atom stereocenters. The van der Waals surface area contributed by atoms with E-state index < -0.39 is 12.6 Å². The van der Waals surface area contributed by atoms with Crippen molar-refractivity contribution in [1.29, 1.82) is 0 Å². The van der Waals surface area contributed by atoms with Gasteiger partial charge in [-0.2, -0.15) is 8.78 Å². The molecule has 0 radical (unpaired) electrons. The number of rotatable bonds is 3. The molecule has 0 aromatic heterocycles. The van der Waals surface area contributed by atoms with Crippen molar-refractivity contribution in [1.82, 2.24) is 0 Å². The average molecular weight is 232 g/mol. The largest absolute Gasteiger partial charge is 0.465 e. The summed E-state index contributed by atoms with van der Waals surface area (Å²) in [4.78, 5) is 11.2. The van der Waals surface area contributed by atoms with Crippen molar-refractivity contribution in [3.63, 3.8) is 0 Å². The van der Waals surface area contributed by atoms with Crippen molar-refractivity contribution in [3.05, 3.63) is 17.7 Å². The first-order valence-corrected chi connectivity index (χ1v) is 4.17. The number of nitrogen functional groups attached to an aromatic ring is 2. The van der Waals surface area contributed by atoms with Crippen molar-refractivity contribution >= 4 is 17.3 Å². The summed E-state index contributed by atoms with van der Waals surface area (Å²) in [5.74, 6) is -1.13. The zero-order valence-electron chi connectivity index (χ0n) is 8.37. The normalized spacial score (nSPS) is 10.2. The molecule has 0 saturated carbocycles. The molecule has 0 amide bonds. The van der Waals surface area contributed by atoms with Gasteiger partial charge in [0, 0.05) is 11.8 Å². The predicted octanol–water partition coefficient (Wildman–Crippen LogP) is 1.24. The van der Waals surface area contributed by atoms with E-state index in [1.807, 2.05) is 0 Å². The minimum absolute atomic E-state index is 0.0743. The van der Waals surface area contributed by atoms with E-state index >= 15 is 0 Å². The minimum Gasteiger partial charge on any atom is -0.465 e. The van der Waals surface area contributed by atoms with Crippen molar-refractivity contribution in [2.45, 2.75) is 6.61 Å². The van der Waals surface area contributed by atoms with Gasteiger partial charge in [-0.05, 0) is 6.07 Å². The Hall–Kier alpha value is -2.05. The summed E-state index contributed by atoms with van der Waals surface area (Å²) in [6.07, 6.45) is 0. The van der Waals surface area contributed by atoms with Gasteiger partial charge < -0.3 is 20.9 Å². The number of hydrogen-bond acceptors (Lipinski definition) is 5. The van der Waals surface area contributed by atoms with Crippen molar-refractivity contribution in [2.24, 2.45) is 0 Å². The first-order chi connectivity index (χ1) is 7.45. The van der Waals surface area contributed by atoms with E-state index in [2.05, 4.69) is 9.47 Å². The molecule has 0 bridgehead atoms. The first kappa shape index (κ1) is 12.0. The lowest BCUT2D eigenvalue weighted by Crippen LogP contribution is -2.11. The molecule has 0 saturated heterocycles. The number of esters is 1. The van der Waals surface area contributed by atoms with Crippen LogP contribution in [0.25, 0.3) is 0 Å². The molecule has 0 fully saturated rings. The van der Waals surface area contributed by atoms with E-state index in [9.17, 15) is 13.6 Å². The van der Waals surface area contributed by atoms with E-state index in [1.165, 1.54) is 6.07 Å². The molecule has 5 nitrogen and oxygen atoms in total. The SMILES string of the molecule is COC(=O)c1cc(N)cc(OC(F)F)c1N. The number of halogens is 2. The van der Waals surface area contributed by atoms with Crippen LogP contribution in [-0.4, -0.2) is 19.7 Å². The van der Waals surface area contributed by atoms with Gasteiger partial charge in [-0.1, -0.05) is 0 Å². The van der Waals surface area contributed by atoms with Crippen molar-refractivity contribution < 1.29 is 23.0 Å². The third-order valence-electron chi connectivity index (χ3n) is 1.79. The fraction of sp³-hybridized carbons (Fsp3) is 0.222. The maximum Gasteiger partial charge on any atom is 0.387 e. The van der Waals surface area contributed by atoms with Gasteiger partial charge in [0.1, 0.15) is 0 Å². The highest BCUT2D eigenvalue weighted by atomic mass is 19.3. The van der Waals surface area contributed by atoms with Crippen molar-refractivity contribution in [3.8, 4) is 5.75 Å². The molecule has 1 aromatic carbocycles. The lowest BCUT2D eigenvalue weighted by molar-refractivity contribution is -0.0493. The molecule has 0 aliphatic rings. The Kier molecular flexibility index (Phi) is 3.49. The second kappa shape index (κ2) is 4.65. The van der Waals surface area contributed by atoms with Crippen LogP contribution in [0, 0.1) is 0 Å². The predicted molar refractivity (Wildman–Crippen MR) is 53.2 cm³/mol. The van der Waals surface area contributed by atoms with Crippen LogP contribution in [0.3, 0.4) is 0 Å². The van der Waals surface area contributed by atoms with Crippen LogP contribution in [0.5, 0.6) is 5.75 Å². The van der Waals surface area contributed by atoms with Gasteiger partial charge in [0.15, 0.2) is 5.75 Å². The second-order valence-electron chi connectivity index (χ2n) is 2.85. The van der Waals surface area contributed by atoms with Gasteiger partial charge in [-0.3, -0.25) is 0 Å². The number of methoxy groups -OCH3 is 1. The Morgan fingerprint density at radius 2 is 2.00 bits per heavy atom. The molecule has 0 atom stereocenters. The number of carbonyl (C=O) groups excluding carboxylic acids is 1. The molecule has 4 N–H and O–H groups in total. The number of anilines is 2. The highest BCUT2D eigenvalue weighted by molar-refractivity contribution is 5.97. The zero-order chi connectivity index (χ0) is 12.3. The van der Waals surface area contributed by atoms with Crippen LogP contribution in [0.15, 0.2) is 12.1 Å². The summed E-state index contributed by atoms with van der Waals surface area (Å²) in [5, 5.41) is 0. The topological polar surface area (TPSA) is 87.6 Å². The smallest absolute Gasteiger partial charge is 0.387 e. The zero-order valence-corrected chi connectivity index (χ0v) is 8.37. The summed E-state index contributed by atoms with van der Waals surface area (Å²) in [6.45, 7) is -3.05. The van der Waals surface area contributed by atoms with E-state index in [0.717, 1.165) is 13.2 Å². The molecule has 0 aliphatic heterocycles. The number of nitrogens with two attached hydrogens (primary N) is 2. The molecule has 0 spiro atoms. The fourth-order valence-electron chi connectivity index (χ4n) is 1.12. The van der Waals surface area contributed by atoms with Crippen molar-refractivity contribution in [2.75, 3.05) is 18.6 Å².